The highest BCUT2D eigenvalue weighted by molar-refractivity contribution is 5.85. The van der Waals surface area contributed by atoms with Crippen LogP contribution < -0.4 is 10.6 Å². The molecule has 0 aromatic rings. The van der Waals surface area contributed by atoms with Crippen LogP contribution in [0.15, 0.2) is 4.99 Å². The van der Waals surface area contributed by atoms with Crippen molar-refractivity contribution in [3.8, 4) is 0 Å². The third-order valence-corrected chi connectivity index (χ3v) is 6.71. The quantitative estimate of drug-likeness (QED) is 0.526. The van der Waals surface area contributed by atoms with Crippen LogP contribution in [-0.2, 0) is 9.53 Å². The Morgan fingerprint density at radius 1 is 1.21 bits per heavy atom. The van der Waals surface area contributed by atoms with Crippen molar-refractivity contribution in [1.29, 1.82) is 0 Å². The maximum atomic E-state index is 12.7. The van der Waals surface area contributed by atoms with Crippen LogP contribution in [-0.4, -0.2) is 88.2 Å². The molecule has 2 N–H and O–H groups in total. The molecule has 1 atom stereocenters. The Balaban J connectivity index is 1.44. The number of ether oxygens (including phenoxy) is 1. The molecule has 0 aromatic carbocycles. The van der Waals surface area contributed by atoms with E-state index in [9.17, 15) is 4.79 Å². The molecule has 0 bridgehead atoms. The standard InChI is InChI=1S/C21H39N5O2/c1-22-20(23-16-21(9-4-5-10-21)19(27)25(2)3)24-18-6-11-26(12-7-18)14-17-8-13-28-15-17/h17-18H,4-16H2,1-3H3,(H2,22,23,24). The van der Waals surface area contributed by atoms with E-state index in [2.05, 4.69) is 20.5 Å². The zero-order valence-electron chi connectivity index (χ0n) is 18.0. The fraction of sp³-hybridized carbons (Fsp3) is 0.905. The van der Waals surface area contributed by atoms with Gasteiger partial charge in [-0.25, -0.2) is 0 Å². The summed E-state index contributed by atoms with van der Waals surface area (Å²) in [7, 11) is 5.54. The molecule has 1 saturated carbocycles. The average Bonchev–Trinajstić information content (AvgIpc) is 3.38. The summed E-state index contributed by atoms with van der Waals surface area (Å²) in [6.45, 7) is 5.98. The monoisotopic (exact) mass is 393 g/mol. The van der Waals surface area contributed by atoms with Gasteiger partial charge in [0, 0.05) is 60.0 Å². The molecule has 3 rings (SSSR count). The fourth-order valence-corrected chi connectivity index (χ4v) is 4.99. The van der Waals surface area contributed by atoms with E-state index < -0.39 is 0 Å². The highest BCUT2D eigenvalue weighted by Crippen LogP contribution is 2.38. The summed E-state index contributed by atoms with van der Waals surface area (Å²) >= 11 is 0. The Bertz CT molecular complexity index is 531. The lowest BCUT2D eigenvalue weighted by Crippen LogP contribution is -2.52. The topological polar surface area (TPSA) is 69.2 Å². The van der Waals surface area contributed by atoms with Crippen molar-refractivity contribution in [3.63, 3.8) is 0 Å². The first-order valence-electron chi connectivity index (χ1n) is 11.0. The molecule has 2 heterocycles. The summed E-state index contributed by atoms with van der Waals surface area (Å²) in [5.41, 5.74) is -0.270. The number of carbonyl (C=O) groups is 1. The lowest BCUT2D eigenvalue weighted by Gasteiger charge is -2.35. The zero-order valence-corrected chi connectivity index (χ0v) is 18.0. The van der Waals surface area contributed by atoms with Crippen molar-refractivity contribution in [2.45, 2.75) is 51.0 Å². The number of likely N-dealkylation sites (tertiary alicyclic amines) is 1. The van der Waals surface area contributed by atoms with Crippen LogP contribution >= 0.6 is 0 Å². The van der Waals surface area contributed by atoms with Gasteiger partial charge in [-0.3, -0.25) is 9.79 Å². The van der Waals surface area contributed by atoms with Gasteiger partial charge in [-0.15, -0.1) is 0 Å². The third-order valence-electron chi connectivity index (χ3n) is 6.71. The molecule has 0 radical (unpaired) electrons. The molecule has 28 heavy (non-hydrogen) atoms. The van der Waals surface area contributed by atoms with Gasteiger partial charge in [-0.1, -0.05) is 12.8 Å². The Kier molecular flexibility index (Phi) is 7.57. The first-order chi connectivity index (χ1) is 13.5. The van der Waals surface area contributed by atoms with E-state index in [1.807, 2.05) is 21.1 Å². The van der Waals surface area contributed by atoms with E-state index >= 15 is 0 Å². The van der Waals surface area contributed by atoms with Crippen LogP contribution in [0.3, 0.4) is 0 Å². The smallest absolute Gasteiger partial charge is 0.230 e. The van der Waals surface area contributed by atoms with Crippen LogP contribution in [0.25, 0.3) is 0 Å². The number of aliphatic imine (C=N–C) groups is 1. The highest BCUT2D eigenvalue weighted by atomic mass is 16.5. The Morgan fingerprint density at radius 2 is 1.93 bits per heavy atom. The van der Waals surface area contributed by atoms with Crippen molar-refractivity contribution in [3.05, 3.63) is 0 Å². The van der Waals surface area contributed by atoms with Gasteiger partial charge in [0.15, 0.2) is 5.96 Å². The summed E-state index contributed by atoms with van der Waals surface area (Å²) < 4.78 is 5.51. The second-order valence-corrected chi connectivity index (χ2v) is 9.06. The molecule has 0 aromatic heterocycles. The predicted molar refractivity (Wildman–Crippen MR) is 112 cm³/mol. The molecule has 1 amide bonds. The number of nitrogens with one attached hydrogen (secondary N) is 2. The van der Waals surface area contributed by atoms with Crippen molar-refractivity contribution in [2.24, 2.45) is 16.3 Å². The second kappa shape index (κ2) is 9.92. The molecule has 7 nitrogen and oxygen atoms in total. The largest absolute Gasteiger partial charge is 0.381 e. The van der Waals surface area contributed by atoms with Crippen LogP contribution in [0, 0.1) is 11.3 Å². The Hall–Kier alpha value is -1.34. The molecule has 2 saturated heterocycles. The Morgan fingerprint density at radius 3 is 2.50 bits per heavy atom. The summed E-state index contributed by atoms with van der Waals surface area (Å²) in [5.74, 6) is 1.80. The van der Waals surface area contributed by atoms with Gasteiger partial charge >= 0.3 is 0 Å². The van der Waals surface area contributed by atoms with E-state index in [-0.39, 0.29) is 11.3 Å². The molecule has 1 aliphatic carbocycles. The minimum absolute atomic E-state index is 0.247. The number of guanidine groups is 1. The summed E-state index contributed by atoms with van der Waals surface area (Å²) in [5, 5.41) is 7.06. The predicted octanol–water partition coefficient (Wildman–Crippen LogP) is 1.30. The van der Waals surface area contributed by atoms with E-state index in [0.717, 1.165) is 76.7 Å². The number of hydrogen-bond donors (Lipinski definition) is 2. The van der Waals surface area contributed by atoms with Crippen molar-refractivity contribution >= 4 is 11.9 Å². The van der Waals surface area contributed by atoms with Crippen LogP contribution in [0.4, 0.5) is 0 Å². The lowest BCUT2D eigenvalue weighted by molar-refractivity contribution is -0.138. The molecular weight excluding hydrogens is 354 g/mol. The summed E-state index contributed by atoms with van der Waals surface area (Å²) in [4.78, 5) is 21.5. The fourth-order valence-electron chi connectivity index (χ4n) is 4.99. The molecule has 2 aliphatic heterocycles. The first kappa shape index (κ1) is 21.4. The van der Waals surface area contributed by atoms with Crippen LogP contribution in [0.2, 0.25) is 0 Å². The average molecular weight is 394 g/mol. The Labute approximate surface area is 170 Å². The molecule has 160 valence electrons. The van der Waals surface area contributed by atoms with Crippen molar-refractivity contribution in [1.82, 2.24) is 20.4 Å². The maximum absolute atomic E-state index is 12.7. The minimum Gasteiger partial charge on any atom is -0.381 e. The van der Waals surface area contributed by atoms with Gasteiger partial charge in [-0.2, -0.15) is 0 Å². The number of piperidine rings is 1. The summed E-state index contributed by atoms with van der Waals surface area (Å²) in [6, 6.07) is 0.450. The van der Waals surface area contributed by atoms with Crippen LogP contribution in [0.1, 0.15) is 44.9 Å². The van der Waals surface area contributed by atoms with Gasteiger partial charge in [0.1, 0.15) is 0 Å². The number of nitrogens with zero attached hydrogens (tertiary/aromatic N) is 3. The third kappa shape index (κ3) is 5.38. The van der Waals surface area contributed by atoms with E-state index in [1.165, 1.54) is 13.0 Å². The van der Waals surface area contributed by atoms with Crippen molar-refractivity contribution in [2.75, 3.05) is 60.5 Å². The van der Waals surface area contributed by atoms with Gasteiger partial charge in [0.05, 0.1) is 12.0 Å². The molecular formula is C21H39N5O2. The molecule has 3 aliphatic rings. The van der Waals surface area contributed by atoms with Crippen molar-refractivity contribution < 1.29 is 9.53 Å². The second-order valence-electron chi connectivity index (χ2n) is 9.06. The molecule has 7 heteroatoms. The summed E-state index contributed by atoms with van der Waals surface area (Å²) in [6.07, 6.45) is 7.69. The van der Waals surface area contributed by atoms with Gasteiger partial charge in [0.2, 0.25) is 5.91 Å². The highest BCUT2D eigenvalue weighted by Gasteiger charge is 2.42. The van der Waals surface area contributed by atoms with Crippen LogP contribution in [0.5, 0.6) is 0 Å². The van der Waals surface area contributed by atoms with Gasteiger partial charge < -0.3 is 25.2 Å². The molecule has 0 spiro atoms. The number of hydrogen-bond acceptors (Lipinski definition) is 4. The molecule has 1 unspecified atom stereocenters. The van der Waals surface area contributed by atoms with Gasteiger partial charge in [-0.05, 0) is 38.0 Å². The number of rotatable bonds is 6. The minimum atomic E-state index is -0.270. The number of amides is 1. The maximum Gasteiger partial charge on any atom is 0.230 e. The van der Waals surface area contributed by atoms with E-state index in [0.29, 0.717) is 12.6 Å². The van der Waals surface area contributed by atoms with E-state index in [1.54, 1.807) is 4.90 Å². The SMILES string of the molecule is CN=C(NCC1(C(=O)N(C)C)CCCC1)NC1CCN(CC2CCOC2)CC1. The van der Waals surface area contributed by atoms with Gasteiger partial charge in [0.25, 0.3) is 0 Å². The number of carbonyl (C=O) groups excluding carboxylic acids is 1. The zero-order chi connectivity index (χ0) is 20.0. The normalized spacial score (nSPS) is 26.4. The molecule has 3 fully saturated rings. The lowest BCUT2D eigenvalue weighted by atomic mass is 9.84. The van der Waals surface area contributed by atoms with E-state index in [4.69, 9.17) is 4.74 Å². The first-order valence-corrected chi connectivity index (χ1v) is 11.0.